The van der Waals surface area contributed by atoms with E-state index in [1.165, 1.54) is 5.56 Å². The summed E-state index contributed by atoms with van der Waals surface area (Å²) in [7, 11) is 1.90. The van der Waals surface area contributed by atoms with Gasteiger partial charge in [0.25, 0.3) is 0 Å². The van der Waals surface area contributed by atoms with E-state index >= 15 is 0 Å². The van der Waals surface area contributed by atoms with Crippen molar-refractivity contribution in [2.75, 3.05) is 0 Å². The number of hydrogen-bond acceptors (Lipinski definition) is 2. The molecule has 0 saturated carbocycles. The van der Waals surface area contributed by atoms with Crippen molar-refractivity contribution in [1.29, 1.82) is 0 Å². The molecule has 0 aliphatic heterocycles. The fourth-order valence-electron chi connectivity index (χ4n) is 1.37. The zero-order chi connectivity index (χ0) is 11.0. The molecule has 0 N–H and O–H groups in total. The predicted molar refractivity (Wildman–Crippen MR) is 63.6 cm³/mol. The molecule has 0 aliphatic rings. The molecule has 0 bridgehead atoms. The van der Waals surface area contributed by atoms with Crippen LogP contribution in [-0.2, 0) is 7.05 Å². The van der Waals surface area contributed by atoms with Crippen LogP contribution in [0.1, 0.15) is 11.4 Å². The smallest absolute Gasteiger partial charge is 0.181 e. The van der Waals surface area contributed by atoms with Crippen molar-refractivity contribution in [3.8, 4) is 11.4 Å². The van der Waals surface area contributed by atoms with Crippen LogP contribution < -0.4 is 0 Å². The van der Waals surface area contributed by atoms with Crippen LogP contribution >= 0.6 is 15.9 Å². The molecule has 0 radical (unpaired) electrons. The van der Waals surface area contributed by atoms with E-state index in [4.69, 9.17) is 0 Å². The lowest BCUT2D eigenvalue weighted by atomic mass is 10.1. The first kappa shape index (κ1) is 10.4. The van der Waals surface area contributed by atoms with Gasteiger partial charge in [0, 0.05) is 17.1 Å². The van der Waals surface area contributed by atoms with E-state index in [1.807, 2.05) is 26.1 Å². The normalized spacial score (nSPS) is 10.7. The van der Waals surface area contributed by atoms with Crippen LogP contribution in [0.3, 0.4) is 0 Å². The Balaban J connectivity index is 2.49. The monoisotopic (exact) mass is 265 g/mol. The summed E-state index contributed by atoms with van der Waals surface area (Å²) < 4.78 is 2.89. The zero-order valence-corrected chi connectivity index (χ0v) is 10.5. The van der Waals surface area contributed by atoms with Crippen molar-refractivity contribution in [3.63, 3.8) is 0 Å². The minimum Gasteiger partial charge on any atom is -0.253 e. The maximum Gasteiger partial charge on any atom is 0.181 e. The number of aromatic nitrogens is 3. The van der Waals surface area contributed by atoms with Crippen molar-refractivity contribution >= 4 is 15.9 Å². The first-order valence-corrected chi connectivity index (χ1v) is 5.51. The SMILES string of the molecule is Cc1cc(-c2nc(C)n(C)n2)ccc1Br. The lowest BCUT2D eigenvalue weighted by molar-refractivity contribution is 0.736. The van der Waals surface area contributed by atoms with E-state index < -0.39 is 0 Å². The number of rotatable bonds is 1. The lowest BCUT2D eigenvalue weighted by Gasteiger charge is -1.99. The Labute approximate surface area is 97.3 Å². The number of aryl methyl sites for hydroxylation is 3. The standard InChI is InChI=1S/C11H12BrN3/c1-7-6-9(4-5-10(7)12)11-13-8(2)15(3)14-11/h4-6H,1-3H3. The van der Waals surface area contributed by atoms with Crippen molar-refractivity contribution < 1.29 is 0 Å². The summed E-state index contributed by atoms with van der Waals surface area (Å²) in [5, 5.41) is 4.34. The van der Waals surface area contributed by atoms with Gasteiger partial charge in [-0.2, -0.15) is 5.10 Å². The van der Waals surface area contributed by atoms with Gasteiger partial charge in [-0.15, -0.1) is 0 Å². The predicted octanol–water partition coefficient (Wildman–Crippen LogP) is 2.86. The van der Waals surface area contributed by atoms with Gasteiger partial charge in [-0.3, -0.25) is 4.68 Å². The van der Waals surface area contributed by atoms with Gasteiger partial charge in [0.2, 0.25) is 0 Å². The van der Waals surface area contributed by atoms with Crippen LogP contribution in [0.25, 0.3) is 11.4 Å². The first-order chi connectivity index (χ1) is 7.08. The third kappa shape index (κ3) is 1.95. The van der Waals surface area contributed by atoms with Crippen molar-refractivity contribution in [2.45, 2.75) is 13.8 Å². The molecule has 3 nitrogen and oxygen atoms in total. The van der Waals surface area contributed by atoms with Gasteiger partial charge in [0.15, 0.2) is 5.82 Å². The fourth-order valence-corrected chi connectivity index (χ4v) is 1.62. The molecule has 1 aromatic carbocycles. The summed E-state index contributed by atoms with van der Waals surface area (Å²) in [6.45, 7) is 4.01. The molecule has 1 heterocycles. The third-order valence-electron chi connectivity index (χ3n) is 2.40. The highest BCUT2D eigenvalue weighted by molar-refractivity contribution is 9.10. The molecule has 0 amide bonds. The highest BCUT2D eigenvalue weighted by Gasteiger charge is 2.06. The number of hydrogen-bond donors (Lipinski definition) is 0. The van der Waals surface area contributed by atoms with Crippen LogP contribution in [0, 0.1) is 13.8 Å². The summed E-state index contributed by atoms with van der Waals surface area (Å²) in [4.78, 5) is 4.39. The van der Waals surface area contributed by atoms with E-state index in [-0.39, 0.29) is 0 Å². The topological polar surface area (TPSA) is 30.7 Å². The minimum absolute atomic E-state index is 0.783. The Morgan fingerprint density at radius 1 is 1.27 bits per heavy atom. The summed E-state index contributed by atoms with van der Waals surface area (Å²) in [6, 6.07) is 6.13. The van der Waals surface area contributed by atoms with E-state index in [0.29, 0.717) is 0 Å². The van der Waals surface area contributed by atoms with Crippen LogP contribution in [0.15, 0.2) is 22.7 Å². The summed E-state index contributed by atoms with van der Waals surface area (Å²) in [5.74, 6) is 1.70. The maximum absolute atomic E-state index is 4.39. The molecule has 2 aromatic rings. The lowest BCUT2D eigenvalue weighted by Crippen LogP contribution is -1.92. The zero-order valence-electron chi connectivity index (χ0n) is 8.95. The molecule has 0 fully saturated rings. The van der Waals surface area contributed by atoms with E-state index in [1.54, 1.807) is 4.68 Å². The Morgan fingerprint density at radius 3 is 2.53 bits per heavy atom. The molecule has 15 heavy (non-hydrogen) atoms. The second-order valence-corrected chi connectivity index (χ2v) is 4.42. The van der Waals surface area contributed by atoms with Crippen molar-refractivity contribution in [2.24, 2.45) is 7.05 Å². The van der Waals surface area contributed by atoms with Gasteiger partial charge in [0.05, 0.1) is 0 Å². The fraction of sp³-hybridized carbons (Fsp3) is 0.273. The summed E-state index contributed by atoms with van der Waals surface area (Å²) in [6.07, 6.45) is 0. The van der Waals surface area contributed by atoms with Crippen molar-refractivity contribution in [3.05, 3.63) is 34.1 Å². The quantitative estimate of drug-likeness (QED) is 0.794. The van der Waals surface area contributed by atoms with Gasteiger partial charge in [-0.05, 0) is 37.6 Å². The molecular formula is C11H12BrN3. The average Bonchev–Trinajstić information content (AvgIpc) is 2.52. The minimum atomic E-state index is 0.783. The van der Waals surface area contributed by atoms with Gasteiger partial charge in [-0.25, -0.2) is 4.98 Å². The van der Waals surface area contributed by atoms with Gasteiger partial charge in [0.1, 0.15) is 5.82 Å². The van der Waals surface area contributed by atoms with E-state index in [2.05, 4.69) is 39.0 Å². The molecule has 0 atom stereocenters. The van der Waals surface area contributed by atoms with Crippen LogP contribution in [-0.4, -0.2) is 14.8 Å². The summed E-state index contributed by atoms with van der Waals surface area (Å²) in [5.41, 5.74) is 2.25. The Morgan fingerprint density at radius 2 is 2.00 bits per heavy atom. The highest BCUT2D eigenvalue weighted by atomic mass is 79.9. The highest BCUT2D eigenvalue weighted by Crippen LogP contribution is 2.22. The molecule has 0 saturated heterocycles. The average molecular weight is 266 g/mol. The molecule has 0 aliphatic carbocycles. The Kier molecular flexibility index (Phi) is 2.61. The molecule has 2 rings (SSSR count). The maximum atomic E-state index is 4.39. The van der Waals surface area contributed by atoms with E-state index in [0.717, 1.165) is 21.7 Å². The number of benzene rings is 1. The van der Waals surface area contributed by atoms with Crippen LogP contribution in [0.4, 0.5) is 0 Å². The molecule has 4 heteroatoms. The second kappa shape index (κ2) is 3.77. The number of halogens is 1. The molecule has 78 valence electrons. The number of nitrogens with zero attached hydrogens (tertiary/aromatic N) is 3. The molecule has 0 unspecified atom stereocenters. The first-order valence-electron chi connectivity index (χ1n) is 4.72. The van der Waals surface area contributed by atoms with Gasteiger partial charge < -0.3 is 0 Å². The third-order valence-corrected chi connectivity index (χ3v) is 3.29. The molecule has 1 aromatic heterocycles. The second-order valence-electron chi connectivity index (χ2n) is 3.57. The van der Waals surface area contributed by atoms with E-state index in [9.17, 15) is 0 Å². The molecular weight excluding hydrogens is 254 g/mol. The Bertz CT molecular complexity index is 483. The molecule has 0 spiro atoms. The largest absolute Gasteiger partial charge is 0.253 e. The Hall–Kier alpha value is -1.16. The van der Waals surface area contributed by atoms with Crippen LogP contribution in [0.5, 0.6) is 0 Å². The summed E-state index contributed by atoms with van der Waals surface area (Å²) >= 11 is 3.48. The van der Waals surface area contributed by atoms with Crippen LogP contribution in [0.2, 0.25) is 0 Å². The van der Waals surface area contributed by atoms with Gasteiger partial charge >= 0.3 is 0 Å². The van der Waals surface area contributed by atoms with Crippen molar-refractivity contribution in [1.82, 2.24) is 14.8 Å². The van der Waals surface area contributed by atoms with Gasteiger partial charge in [-0.1, -0.05) is 15.9 Å².